The number of hydrogen-bond donors (Lipinski definition) is 1. The van der Waals surface area contributed by atoms with Crippen molar-refractivity contribution in [2.45, 2.75) is 6.61 Å². The number of nitrogens with one attached hydrogen (secondary N) is 1. The topological polar surface area (TPSA) is 24.5 Å². The van der Waals surface area contributed by atoms with Crippen LogP contribution in [0.5, 0.6) is 5.75 Å². The second-order valence-electron chi connectivity index (χ2n) is 6.20. The van der Waals surface area contributed by atoms with Crippen molar-refractivity contribution in [3.05, 3.63) is 72.3 Å². The van der Waals surface area contributed by atoms with Crippen LogP contribution >= 0.6 is 0 Å². The largest absolute Gasteiger partial charge is 0.489 e. The van der Waals surface area contributed by atoms with E-state index in [4.69, 9.17) is 4.74 Å². The highest BCUT2D eigenvalue weighted by molar-refractivity contribution is 5.87. The molecule has 3 nitrogen and oxygen atoms in total. The first-order valence-electron chi connectivity index (χ1n) is 8.55. The second kappa shape index (κ2) is 6.93. The summed E-state index contributed by atoms with van der Waals surface area (Å²) in [4.78, 5) is 2.44. The maximum absolute atomic E-state index is 5.93. The van der Waals surface area contributed by atoms with Crippen LogP contribution in [0.25, 0.3) is 10.8 Å². The van der Waals surface area contributed by atoms with E-state index < -0.39 is 0 Å². The van der Waals surface area contributed by atoms with Gasteiger partial charge >= 0.3 is 0 Å². The average molecular weight is 318 g/mol. The molecule has 0 bridgehead atoms. The lowest BCUT2D eigenvalue weighted by molar-refractivity contribution is 0.306. The number of ether oxygens (including phenoxy) is 1. The van der Waals surface area contributed by atoms with Gasteiger partial charge in [0, 0.05) is 31.9 Å². The zero-order chi connectivity index (χ0) is 16.2. The summed E-state index contributed by atoms with van der Waals surface area (Å²) in [5.41, 5.74) is 2.49. The summed E-state index contributed by atoms with van der Waals surface area (Å²) in [7, 11) is 0. The van der Waals surface area contributed by atoms with Gasteiger partial charge in [-0.3, -0.25) is 0 Å². The molecule has 1 saturated heterocycles. The zero-order valence-corrected chi connectivity index (χ0v) is 13.7. The third-order valence-corrected chi connectivity index (χ3v) is 4.53. The molecule has 3 heteroatoms. The normalized spacial score (nSPS) is 14.8. The first-order chi connectivity index (χ1) is 11.9. The fourth-order valence-electron chi connectivity index (χ4n) is 3.16. The molecular weight excluding hydrogens is 296 g/mol. The molecule has 4 rings (SSSR count). The summed E-state index contributed by atoms with van der Waals surface area (Å²) in [5.74, 6) is 0.918. The third kappa shape index (κ3) is 3.36. The summed E-state index contributed by atoms with van der Waals surface area (Å²) >= 11 is 0. The first kappa shape index (κ1) is 15.0. The Labute approximate surface area is 142 Å². The van der Waals surface area contributed by atoms with Gasteiger partial charge in [0.05, 0.1) is 0 Å². The van der Waals surface area contributed by atoms with Crippen LogP contribution < -0.4 is 15.0 Å². The first-order valence-corrected chi connectivity index (χ1v) is 8.55. The number of benzene rings is 3. The van der Waals surface area contributed by atoms with Crippen molar-refractivity contribution in [2.75, 3.05) is 31.1 Å². The van der Waals surface area contributed by atoms with E-state index in [1.807, 2.05) is 18.2 Å². The molecule has 3 aromatic carbocycles. The molecule has 1 aliphatic rings. The highest BCUT2D eigenvalue weighted by Gasteiger charge is 2.10. The Morgan fingerprint density at radius 3 is 2.42 bits per heavy atom. The lowest BCUT2D eigenvalue weighted by atomic mass is 10.1. The van der Waals surface area contributed by atoms with Crippen LogP contribution in [0.4, 0.5) is 5.69 Å². The average Bonchev–Trinajstić information content (AvgIpc) is 2.67. The van der Waals surface area contributed by atoms with Crippen molar-refractivity contribution in [1.29, 1.82) is 0 Å². The Morgan fingerprint density at radius 2 is 1.58 bits per heavy atom. The van der Waals surface area contributed by atoms with Crippen LogP contribution in [0.2, 0.25) is 0 Å². The summed E-state index contributed by atoms with van der Waals surface area (Å²) in [6.45, 7) is 4.87. The van der Waals surface area contributed by atoms with Crippen molar-refractivity contribution in [2.24, 2.45) is 0 Å². The number of rotatable bonds is 4. The molecule has 24 heavy (non-hydrogen) atoms. The van der Waals surface area contributed by atoms with Crippen LogP contribution in [0.15, 0.2) is 66.7 Å². The second-order valence-corrected chi connectivity index (χ2v) is 6.20. The third-order valence-electron chi connectivity index (χ3n) is 4.53. The summed E-state index contributed by atoms with van der Waals surface area (Å²) in [5, 5.41) is 5.88. The molecule has 1 heterocycles. The molecule has 0 aliphatic carbocycles. The molecule has 1 fully saturated rings. The molecule has 0 spiro atoms. The highest BCUT2D eigenvalue weighted by atomic mass is 16.5. The number of nitrogens with zero attached hydrogens (tertiary/aromatic N) is 1. The van der Waals surface area contributed by atoms with Gasteiger partial charge in [0.2, 0.25) is 0 Å². The molecular formula is C21H22N2O. The monoisotopic (exact) mass is 318 g/mol. The van der Waals surface area contributed by atoms with Crippen molar-refractivity contribution < 1.29 is 4.74 Å². The minimum Gasteiger partial charge on any atom is -0.489 e. The van der Waals surface area contributed by atoms with E-state index in [0.29, 0.717) is 6.61 Å². The molecule has 0 unspecified atom stereocenters. The van der Waals surface area contributed by atoms with E-state index in [9.17, 15) is 0 Å². The van der Waals surface area contributed by atoms with Crippen LogP contribution in [0.3, 0.4) is 0 Å². The maximum atomic E-state index is 5.93. The number of piperazine rings is 1. The minimum atomic E-state index is 0.602. The predicted molar refractivity (Wildman–Crippen MR) is 99.8 cm³/mol. The summed E-state index contributed by atoms with van der Waals surface area (Å²) in [6, 6.07) is 23.3. The summed E-state index contributed by atoms with van der Waals surface area (Å²) < 4.78 is 5.93. The molecule has 122 valence electrons. The highest BCUT2D eigenvalue weighted by Crippen LogP contribution is 2.26. The maximum Gasteiger partial charge on any atom is 0.120 e. The van der Waals surface area contributed by atoms with Crippen molar-refractivity contribution in [1.82, 2.24) is 5.32 Å². The Morgan fingerprint density at radius 1 is 0.833 bits per heavy atom. The van der Waals surface area contributed by atoms with Crippen LogP contribution in [-0.4, -0.2) is 26.2 Å². The molecule has 0 amide bonds. The smallest absolute Gasteiger partial charge is 0.120 e. The van der Waals surface area contributed by atoms with Crippen LogP contribution in [0, 0.1) is 0 Å². The van der Waals surface area contributed by atoms with Crippen molar-refractivity contribution in [3.63, 3.8) is 0 Å². The lowest BCUT2D eigenvalue weighted by Crippen LogP contribution is -2.43. The van der Waals surface area contributed by atoms with Gasteiger partial charge in [0.25, 0.3) is 0 Å². The van der Waals surface area contributed by atoms with E-state index in [2.05, 4.69) is 58.7 Å². The number of anilines is 1. The molecule has 1 aliphatic heterocycles. The van der Waals surface area contributed by atoms with Gasteiger partial charge in [0.1, 0.15) is 12.4 Å². The molecule has 1 N–H and O–H groups in total. The summed E-state index contributed by atoms with van der Waals surface area (Å²) in [6.07, 6.45) is 0. The fraction of sp³-hybridized carbons (Fsp3) is 0.238. The molecule has 0 atom stereocenters. The molecule has 0 aromatic heterocycles. The van der Waals surface area contributed by atoms with Crippen LogP contribution in [0.1, 0.15) is 5.56 Å². The van der Waals surface area contributed by atoms with Gasteiger partial charge in [-0.15, -0.1) is 0 Å². The Hall–Kier alpha value is -2.52. The Bertz CT molecular complexity index is 810. The lowest BCUT2D eigenvalue weighted by Gasteiger charge is -2.29. The Kier molecular flexibility index (Phi) is 4.34. The predicted octanol–water partition coefficient (Wildman–Crippen LogP) is 3.83. The standard InChI is InChI=1S/C21H22N2O/c1-2-4-17(5-3-1)16-24-21-9-7-18-14-20(8-6-19(18)15-21)23-12-10-22-11-13-23/h1-9,14-15,22H,10-13,16H2. The number of hydrogen-bond acceptors (Lipinski definition) is 3. The van der Waals surface area contributed by atoms with Gasteiger partial charge in [-0.1, -0.05) is 42.5 Å². The fourth-order valence-corrected chi connectivity index (χ4v) is 3.16. The SMILES string of the molecule is c1ccc(COc2ccc3cc(N4CCNCC4)ccc3c2)cc1. The van der Waals surface area contributed by atoms with E-state index >= 15 is 0 Å². The van der Waals surface area contributed by atoms with Gasteiger partial charge in [-0.25, -0.2) is 0 Å². The zero-order valence-electron chi connectivity index (χ0n) is 13.7. The number of fused-ring (bicyclic) bond motifs is 1. The van der Waals surface area contributed by atoms with Crippen molar-refractivity contribution in [3.8, 4) is 5.75 Å². The van der Waals surface area contributed by atoms with E-state index in [-0.39, 0.29) is 0 Å². The van der Waals surface area contributed by atoms with Crippen LogP contribution in [-0.2, 0) is 6.61 Å². The van der Waals surface area contributed by atoms with Gasteiger partial charge in [-0.2, -0.15) is 0 Å². The minimum absolute atomic E-state index is 0.602. The van der Waals surface area contributed by atoms with Gasteiger partial charge in [0.15, 0.2) is 0 Å². The van der Waals surface area contributed by atoms with E-state index in [1.54, 1.807) is 0 Å². The van der Waals surface area contributed by atoms with Crippen molar-refractivity contribution >= 4 is 16.5 Å². The molecule has 0 radical (unpaired) electrons. The molecule has 3 aromatic rings. The Balaban J connectivity index is 1.51. The molecule has 0 saturated carbocycles. The van der Waals surface area contributed by atoms with E-state index in [0.717, 1.165) is 31.9 Å². The van der Waals surface area contributed by atoms with Gasteiger partial charge in [-0.05, 0) is 40.6 Å². The van der Waals surface area contributed by atoms with E-state index in [1.165, 1.54) is 22.0 Å². The quantitative estimate of drug-likeness (QED) is 0.791. The van der Waals surface area contributed by atoms with Gasteiger partial charge < -0.3 is 15.0 Å².